The van der Waals surface area contributed by atoms with Crippen LogP contribution in [0.25, 0.3) is 5.57 Å². The van der Waals surface area contributed by atoms with Crippen LogP contribution in [0.4, 0.5) is 0 Å². The predicted octanol–water partition coefficient (Wildman–Crippen LogP) is 6.24. The van der Waals surface area contributed by atoms with Gasteiger partial charge in [-0.05, 0) is 42.5 Å². The molecule has 2 aliphatic rings. The van der Waals surface area contributed by atoms with Crippen LogP contribution >= 0.6 is 0 Å². The van der Waals surface area contributed by atoms with Crippen LogP contribution in [-0.2, 0) is 5.41 Å². The van der Waals surface area contributed by atoms with E-state index in [1.165, 1.54) is 33.4 Å². The Morgan fingerprint density at radius 1 is 0.792 bits per heavy atom. The minimum Gasteiger partial charge on any atom is -0.0655 e. The summed E-state index contributed by atoms with van der Waals surface area (Å²) in [6.07, 6.45) is 10.1. The molecule has 0 amide bonds. The molecule has 2 aromatic rings. The summed E-state index contributed by atoms with van der Waals surface area (Å²) in [5.41, 5.74) is 8.34. The van der Waals surface area contributed by atoms with Gasteiger partial charge in [-0.15, -0.1) is 0 Å². The first-order valence-electron chi connectivity index (χ1n) is 8.61. The highest BCUT2D eigenvalue weighted by atomic mass is 14.5. The minimum atomic E-state index is -0.153. The molecule has 0 heterocycles. The summed E-state index contributed by atoms with van der Waals surface area (Å²) in [5, 5.41) is 0. The van der Waals surface area contributed by atoms with Crippen LogP contribution in [0.1, 0.15) is 31.4 Å². The molecular weight excluding hydrogens is 288 g/mol. The van der Waals surface area contributed by atoms with E-state index in [-0.39, 0.29) is 5.41 Å². The fourth-order valence-electron chi connectivity index (χ4n) is 4.31. The van der Waals surface area contributed by atoms with Gasteiger partial charge in [0, 0.05) is 0 Å². The third-order valence-corrected chi connectivity index (χ3v) is 5.31. The average Bonchev–Trinajstić information content (AvgIpc) is 2.84. The van der Waals surface area contributed by atoms with Crippen molar-refractivity contribution in [1.29, 1.82) is 0 Å². The normalized spacial score (nSPS) is 22.8. The maximum atomic E-state index is 2.39. The van der Waals surface area contributed by atoms with Gasteiger partial charge in [-0.25, -0.2) is 0 Å². The van der Waals surface area contributed by atoms with Gasteiger partial charge in [0.1, 0.15) is 0 Å². The fourth-order valence-corrected chi connectivity index (χ4v) is 4.31. The van der Waals surface area contributed by atoms with E-state index in [4.69, 9.17) is 0 Å². The number of rotatable bonds is 2. The Balaban J connectivity index is 2.06. The number of fused-ring (bicyclic) bond motifs is 1. The SMILES string of the molecule is CC1=C2CC(C)=C(c3ccccc3)C2(c2ccccc2)C=CC=C1. The van der Waals surface area contributed by atoms with Crippen LogP contribution in [0, 0.1) is 0 Å². The highest BCUT2D eigenvalue weighted by molar-refractivity contribution is 5.88. The van der Waals surface area contributed by atoms with Crippen molar-refractivity contribution in [1.82, 2.24) is 0 Å². The standard InChI is InChI=1S/C24H22/c1-18-11-9-10-16-24(21-14-7-4-8-15-21)22(18)17-19(2)23(24)20-12-5-3-6-13-20/h3-16H,17H2,1-2H3. The predicted molar refractivity (Wildman–Crippen MR) is 103 cm³/mol. The molecule has 0 N–H and O–H groups in total. The van der Waals surface area contributed by atoms with Crippen LogP contribution in [0.2, 0.25) is 0 Å². The van der Waals surface area contributed by atoms with Crippen molar-refractivity contribution in [2.24, 2.45) is 0 Å². The zero-order valence-electron chi connectivity index (χ0n) is 14.3. The molecule has 4 rings (SSSR count). The maximum Gasteiger partial charge on any atom is 0.0609 e. The largest absolute Gasteiger partial charge is 0.0655 e. The third-order valence-electron chi connectivity index (χ3n) is 5.31. The zero-order chi connectivity index (χ0) is 16.6. The molecule has 0 heteroatoms. The van der Waals surface area contributed by atoms with Gasteiger partial charge in [0.25, 0.3) is 0 Å². The number of hydrogen-bond donors (Lipinski definition) is 0. The molecule has 0 saturated heterocycles. The van der Waals surface area contributed by atoms with E-state index in [2.05, 4.69) is 98.8 Å². The summed E-state index contributed by atoms with van der Waals surface area (Å²) in [6, 6.07) is 21.8. The first kappa shape index (κ1) is 15.0. The second kappa shape index (κ2) is 5.79. The van der Waals surface area contributed by atoms with Gasteiger partial charge in [0.15, 0.2) is 0 Å². The lowest BCUT2D eigenvalue weighted by Crippen LogP contribution is -2.25. The third kappa shape index (κ3) is 2.14. The maximum absolute atomic E-state index is 2.39. The van der Waals surface area contributed by atoms with Crippen LogP contribution in [0.3, 0.4) is 0 Å². The zero-order valence-corrected chi connectivity index (χ0v) is 14.3. The van der Waals surface area contributed by atoms with Gasteiger partial charge in [-0.2, -0.15) is 0 Å². The van der Waals surface area contributed by atoms with Crippen molar-refractivity contribution in [2.75, 3.05) is 0 Å². The molecule has 0 aliphatic heterocycles. The van der Waals surface area contributed by atoms with Crippen LogP contribution in [-0.4, -0.2) is 0 Å². The molecule has 0 aromatic heterocycles. The highest BCUT2D eigenvalue weighted by Gasteiger charge is 2.44. The van der Waals surface area contributed by atoms with Crippen LogP contribution in [0.15, 0.2) is 102 Å². The quantitative estimate of drug-likeness (QED) is 0.615. The number of allylic oxidation sites excluding steroid dienone is 8. The van der Waals surface area contributed by atoms with Gasteiger partial charge in [0.2, 0.25) is 0 Å². The average molecular weight is 310 g/mol. The molecule has 1 atom stereocenters. The Kier molecular flexibility index (Phi) is 3.61. The molecule has 118 valence electrons. The van der Waals surface area contributed by atoms with E-state index in [9.17, 15) is 0 Å². The van der Waals surface area contributed by atoms with E-state index in [0.717, 1.165) is 6.42 Å². The first-order chi connectivity index (χ1) is 11.7. The van der Waals surface area contributed by atoms with E-state index >= 15 is 0 Å². The lowest BCUT2D eigenvalue weighted by molar-refractivity contribution is 0.813. The fraction of sp³-hybridized carbons (Fsp3) is 0.167. The molecule has 2 aromatic carbocycles. The van der Waals surface area contributed by atoms with E-state index in [0.29, 0.717) is 0 Å². The highest BCUT2D eigenvalue weighted by Crippen LogP contribution is 2.56. The molecule has 0 fully saturated rings. The van der Waals surface area contributed by atoms with Gasteiger partial charge in [0.05, 0.1) is 5.41 Å². The molecule has 0 spiro atoms. The molecule has 0 bridgehead atoms. The Hall–Kier alpha value is -2.60. The van der Waals surface area contributed by atoms with Crippen LogP contribution in [0.5, 0.6) is 0 Å². The van der Waals surface area contributed by atoms with E-state index in [1.807, 2.05) is 0 Å². The Bertz CT molecular complexity index is 876. The van der Waals surface area contributed by atoms with Crippen molar-refractivity contribution < 1.29 is 0 Å². The lowest BCUT2D eigenvalue weighted by Gasteiger charge is -2.33. The van der Waals surface area contributed by atoms with E-state index < -0.39 is 0 Å². The summed E-state index contributed by atoms with van der Waals surface area (Å²) in [6.45, 7) is 4.54. The molecule has 0 radical (unpaired) electrons. The summed E-state index contributed by atoms with van der Waals surface area (Å²) < 4.78 is 0. The van der Waals surface area contributed by atoms with E-state index in [1.54, 1.807) is 0 Å². The second-order valence-electron chi connectivity index (χ2n) is 6.75. The molecular formula is C24H22. The lowest BCUT2D eigenvalue weighted by atomic mass is 9.69. The summed E-state index contributed by atoms with van der Waals surface area (Å²) in [7, 11) is 0. The van der Waals surface area contributed by atoms with Crippen LogP contribution < -0.4 is 0 Å². The van der Waals surface area contributed by atoms with Gasteiger partial charge in [-0.1, -0.05) is 96.1 Å². The molecule has 0 saturated carbocycles. The van der Waals surface area contributed by atoms with Crippen molar-refractivity contribution in [3.8, 4) is 0 Å². The smallest absolute Gasteiger partial charge is 0.0609 e. The van der Waals surface area contributed by atoms with Gasteiger partial charge < -0.3 is 0 Å². The topological polar surface area (TPSA) is 0 Å². The number of hydrogen-bond acceptors (Lipinski definition) is 0. The van der Waals surface area contributed by atoms with Crippen molar-refractivity contribution in [3.05, 3.63) is 113 Å². The first-order valence-corrected chi connectivity index (χ1v) is 8.61. The van der Waals surface area contributed by atoms with Crippen molar-refractivity contribution in [3.63, 3.8) is 0 Å². The Morgan fingerprint density at radius 2 is 1.46 bits per heavy atom. The van der Waals surface area contributed by atoms with Crippen molar-refractivity contribution >= 4 is 5.57 Å². The molecule has 24 heavy (non-hydrogen) atoms. The summed E-state index contributed by atoms with van der Waals surface area (Å²) >= 11 is 0. The van der Waals surface area contributed by atoms with Gasteiger partial charge >= 0.3 is 0 Å². The van der Waals surface area contributed by atoms with Gasteiger partial charge in [-0.3, -0.25) is 0 Å². The number of benzene rings is 2. The monoisotopic (exact) mass is 310 g/mol. The second-order valence-corrected chi connectivity index (χ2v) is 6.75. The Labute approximate surface area is 144 Å². The van der Waals surface area contributed by atoms with Crippen molar-refractivity contribution in [2.45, 2.75) is 25.7 Å². The summed E-state index contributed by atoms with van der Waals surface area (Å²) in [4.78, 5) is 0. The summed E-state index contributed by atoms with van der Waals surface area (Å²) in [5.74, 6) is 0. The minimum absolute atomic E-state index is 0.153. The Morgan fingerprint density at radius 3 is 2.17 bits per heavy atom. The molecule has 0 nitrogen and oxygen atoms in total. The molecule has 2 aliphatic carbocycles. The molecule has 1 unspecified atom stereocenters.